The molecular formula is C15H23NO3. The van der Waals surface area contributed by atoms with E-state index in [2.05, 4.69) is 5.32 Å². The molecule has 1 aromatic carbocycles. The molecular weight excluding hydrogens is 242 g/mol. The molecule has 0 bridgehead atoms. The number of aryl methyl sites for hydroxylation is 1. The standard InChI is InChI=1S/C15H23NO3/c1-11-7-5-8-14(12(11)2)19-13(3)15(17)16-9-6-10-18-4/h5,7-8,13H,6,9-10H2,1-4H3,(H,16,17). The Labute approximate surface area is 115 Å². The van der Waals surface area contributed by atoms with Crippen molar-refractivity contribution in [3.8, 4) is 5.75 Å². The fraction of sp³-hybridized carbons (Fsp3) is 0.533. The summed E-state index contributed by atoms with van der Waals surface area (Å²) in [6.45, 7) is 7.03. The lowest BCUT2D eigenvalue weighted by atomic mass is 10.1. The summed E-state index contributed by atoms with van der Waals surface area (Å²) in [4.78, 5) is 11.8. The highest BCUT2D eigenvalue weighted by molar-refractivity contribution is 5.80. The molecule has 0 fully saturated rings. The minimum absolute atomic E-state index is 0.1000. The molecule has 1 rings (SSSR count). The van der Waals surface area contributed by atoms with Crippen molar-refractivity contribution in [1.29, 1.82) is 0 Å². The van der Waals surface area contributed by atoms with Crippen LogP contribution in [0.1, 0.15) is 24.5 Å². The van der Waals surface area contributed by atoms with E-state index < -0.39 is 6.10 Å². The van der Waals surface area contributed by atoms with E-state index in [0.29, 0.717) is 13.2 Å². The summed E-state index contributed by atoms with van der Waals surface area (Å²) in [6.07, 6.45) is 0.307. The number of hydrogen-bond acceptors (Lipinski definition) is 3. The molecule has 0 heterocycles. The maximum absolute atomic E-state index is 11.8. The van der Waals surface area contributed by atoms with Gasteiger partial charge in [0.05, 0.1) is 0 Å². The Balaban J connectivity index is 2.47. The Kier molecular flexibility index (Phi) is 6.36. The van der Waals surface area contributed by atoms with E-state index in [9.17, 15) is 4.79 Å². The van der Waals surface area contributed by atoms with Crippen molar-refractivity contribution in [3.05, 3.63) is 29.3 Å². The van der Waals surface area contributed by atoms with Crippen LogP contribution < -0.4 is 10.1 Å². The Morgan fingerprint density at radius 1 is 1.37 bits per heavy atom. The SMILES string of the molecule is COCCCNC(=O)C(C)Oc1cccc(C)c1C. The minimum Gasteiger partial charge on any atom is -0.481 e. The molecule has 0 aliphatic carbocycles. The maximum Gasteiger partial charge on any atom is 0.260 e. The average Bonchev–Trinajstić information content (AvgIpc) is 2.39. The normalized spacial score (nSPS) is 12.0. The molecule has 4 nitrogen and oxygen atoms in total. The summed E-state index contributed by atoms with van der Waals surface area (Å²) in [6, 6.07) is 5.84. The van der Waals surface area contributed by atoms with E-state index in [4.69, 9.17) is 9.47 Å². The van der Waals surface area contributed by atoms with Gasteiger partial charge in [-0.25, -0.2) is 0 Å². The summed E-state index contributed by atoms with van der Waals surface area (Å²) in [7, 11) is 1.65. The monoisotopic (exact) mass is 265 g/mol. The van der Waals surface area contributed by atoms with Crippen molar-refractivity contribution < 1.29 is 14.3 Å². The second kappa shape index (κ2) is 7.79. The molecule has 0 aliphatic heterocycles. The van der Waals surface area contributed by atoms with Crippen molar-refractivity contribution in [2.75, 3.05) is 20.3 Å². The van der Waals surface area contributed by atoms with E-state index in [1.807, 2.05) is 32.0 Å². The number of methoxy groups -OCH3 is 1. The first-order valence-corrected chi connectivity index (χ1v) is 6.55. The second-order valence-electron chi connectivity index (χ2n) is 4.60. The van der Waals surface area contributed by atoms with Crippen molar-refractivity contribution >= 4 is 5.91 Å². The summed E-state index contributed by atoms with van der Waals surface area (Å²) >= 11 is 0. The van der Waals surface area contributed by atoms with Crippen LogP contribution in [-0.2, 0) is 9.53 Å². The molecule has 0 saturated carbocycles. The number of rotatable bonds is 7. The largest absolute Gasteiger partial charge is 0.481 e. The summed E-state index contributed by atoms with van der Waals surface area (Å²) < 4.78 is 10.6. The van der Waals surface area contributed by atoms with Gasteiger partial charge in [-0.15, -0.1) is 0 Å². The van der Waals surface area contributed by atoms with E-state index in [0.717, 1.165) is 23.3 Å². The van der Waals surface area contributed by atoms with Crippen LogP contribution in [0.25, 0.3) is 0 Å². The van der Waals surface area contributed by atoms with Gasteiger partial charge in [-0.05, 0) is 44.4 Å². The molecule has 1 unspecified atom stereocenters. The second-order valence-corrected chi connectivity index (χ2v) is 4.60. The van der Waals surface area contributed by atoms with Gasteiger partial charge in [0.1, 0.15) is 5.75 Å². The molecule has 0 aliphatic rings. The number of ether oxygens (including phenoxy) is 2. The highest BCUT2D eigenvalue weighted by atomic mass is 16.5. The first-order chi connectivity index (χ1) is 9.06. The number of benzene rings is 1. The maximum atomic E-state index is 11.8. The van der Waals surface area contributed by atoms with E-state index in [1.54, 1.807) is 14.0 Å². The van der Waals surface area contributed by atoms with Gasteiger partial charge in [0.2, 0.25) is 0 Å². The van der Waals surface area contributed by atoms with Crippen LogP contribution in [0, 0.1) is 13.8 Å². The summed E-state index contributed by atoms with van der Waals surface area (Å²) in [5, 5.41) is 2.83. The van der Waals surface area contributed by atoms with Crippen LogP contribution in [0.4, 0.5) is 0 Å². The van der Waals surface area contributed by atoms with Crippen molar-refractivity contribution in [2.24, 2.45) is 0 Å². The van der Waals surface area contributed by atoms with Crippen molar-refractivity contribution in [1.82, 2.24) is 5.32 Å². The van der Waals surface area contributed by atoms with Gasteiger partial charge in [-0.2, -0.15) is 0 Å². The highest BCUT2D eigenvalue weighted by Crippen LogP contribution is 2.21. The third-order valence-electron chi connectivity index (χ3n) is 3.05. The average molecular weight is 265 g/mol. The zero-order valence-corrected chi connectivity index (χ0v) is 12.2. The van der Waals surface area contributed by atoms with Gasteiger partial charge in [0, 0.05) is 20.3 Å². The fourth-order valence-corrected chi connectivity index (χ4v) is 1.67. The van der Waals surface area contributed by atoms with Gasteiger partial charge in [0.15, 0.2) is 6.10 Å². The molecule has 19 heavy (non-hydrogen) atoms. The van der Waals surface area contributed by atoms with E-state index in [1.165, 1.54) is 0 Å². The van der Waals surface area contributed by atoms with Crippen LogP contribution in [-0.4, -0.2) is 32.3 Å². The van der Waals surface area contributed by atoms with Crippen LogP contribution in [0.15, 0.2) is 18.2 Å². The molecule has 0 saturated heterocycles. The highest BCUT2D eigenvalue weighted by Gasteiger charge is 2.15. The number of nitrogens with one attached hydrogen (secondary N) is 1. The Hall–Kier alpha value is -1.55. The van der Waals surface area contributed by atoms with Gasteiger partial charge < -0.3 is 14.8 Å². The molecule has 1 aromatic rings. The van der Waals surface area contributed by atoms with E-state index in [-0.39, 0.29) is 5.91 Å². The van der Waals surface area contributed by atoms with Crippen molar-refractivity contribution in [2.45, 2.75) is 33.3 Å². The molecule has 1 atom stereocenters. The Morgan fingerprint density at radius 2 is 2.11 bits per heavy atom. The quantitative estimate of drug-likeness (QED) is 0.769. The zero-order valence-electron chi connectivity index (χ0n) is 12.2. The lowest BCUT2D eigenvalue weighted by Crippen LogP contribution is -2.37. The predicted octanol–water partition coefficient (Wildman–Crippen LogP) is 2.22. The van der Waals surface area contributed by atoms with Crippen LogP contribution in [0.5, 0.6) is 5.75 Å². The summed E-state index contributed by atoms with van der Waals surface area (Å²) in [5.74, 6) is 0.663. The fourth-order valence-electron chi connectivity index (χ4n) is 1.67. The molecule has 1 amide bonds. The molecule has 1 N–H and O–H groups in total. The Bertz CT molecular complexity index is 418. The molecule has 106 valence electrons. The first-order valence-electron chi connectivity index (χ1n) is 6.55. The molecule has 4 heteroatoms. The number of hydrogen-bond donors (Lipinski definition) is 1. The third kappa shape index (κ3) is 4.91. The predicted molar refractivity (Wildman–Crippen MR) is 75.5 cm³/mol. The van der Waals surface area contributed by atoms with Gasteiger partial charge in [-0.3, -0.25) is 4.79 Å². The van der Waals surface area contributed by atoms with Crippen molar-refractivity contribution in [3.63, 3.8) is 0 Å². The number of amides is 1. The van der Waals surface area contributed by atoms with Crippen LogP contribution in [0.3, 0.4) is 0 Å². The third-order valence-corrected chi connectivity index (χ3v) is 3.05. The lowest BCUT2D eigenvalue weighted by Gasteiger charge is -2.17. The van der Waals surface area contributed by atoms with Crippen LogP contribution >= 0.6 is 0 Å². The minimum atomic E-state index is -0.497. The molecule has 0 radical (unpaired) electrons. The van der Waals surface area contributed by atoms with Gasteiger partial charge in [0.25, 0.3) is 5.91 Å². The Morgan fingerprint density at radius 3 is 2.79 bits per heavy atom. The topological polar surface area (TPSA) is 47.6 Å². The van der Waals surface area contributed by atoms with E-state index >= 15 is 0 Å². The number of carbonyl (C=O) groups excluding carboxylic acids is 1. The van der Waals surface area contributed by atoms with Gasteiger partial charge >= 0.3 is 0 Å². The first kappa shape index (κ1) is 15.5. The summed E-state index contributed by atoms with van der Waals surface area (Å²) in [5.41, 5.74) is 2.23. The zero-order chi connectivity index (χ0) is 14.3. The molecule has 0 aromatic heterocycles. The smallest absolute Gasteiger partial charge is 0.260 e. The lowest BCUT2D eigenvalue weighted by molar-refractivity contribution is -0.127. The van der Waals surface area contributed by atoms with Crippen LogP contribution in [0.2, 0.25) is 0 Å². The van der Waals surface area contributed by atoms with Gasteiger partial charge in [-0.1, -0.05) is 12.1 Å². The molecule has 0 spiro atoms. The number of carbonyl (C=O) groups is 1.